The van der Waals surface area contributed by atoms with E-state index in [9.17, 15) is 29.8 Å². The summed E-state index contributed by atoms with van der Waals surface area (Å²) >= 11 is 0. The van der Waals surface area contributed by atoms with Gasteiger partial charge in [-0.25, -0.2) is 15.1 Å². The number of ketones is 1. The SMILES string of the molecule is COc1ccc(C2(C(=O)C[C@@H](CCCN=C(N)N[N+](=O)[O-])C(=O)N[C@@H](CC(C)C)B(O)O)CC2)cc1. The molecule has 2 atom stereocenters. The zero-order valence-corrected chi connectivity index (χ0v) is 21.0. The van der Waals surface area contributed by atoms with Crippen molar-refractivity contribution >= 4 is 24.8 Å². The molecule has 0 bridgehead atoms. The molecule has 1 aliphatic carbocycles. The van der Waals surface area contributed by atoms with E-state index in [0.29, 0.717) is 31.4 Å². The molecule has 13 heteroatoms. The van der Waals surface area contributed by atoms with Gasteiger partial charge in [0.15, 0.2) is 5.03 Å². The smallest absolute Gasteiger partial charge is 0.475 e. The van der Waals surface area contributed by atoms with Gasteiger partial charge in [-0.15, -0.1) is 0 Å². The van der Waals surface area contributed by atoms with Gasteiger partial charge in [0.1, 0.15) is 11.5 Å². The van der Waals surface area contributed by atoms with Crippen LogP contribution in [-0.2, 0) is 15.0 Å². The highest BCUT2D eigenvalue weighted by Crippen LogP contribution is 2.50. The molecule has 198 valence electrons. The van der Waals surface area contributed by atoms with Gasteiger partial charge in [0.05, 0.1) is 18.5 Å². The number of aliphatic imine (C=N–C) groups is 1. The van der Waals surface area contributed by atoms with Crippen molar-refractivity contribution in [3.63, 3.8) is 0 Å². The summed E-state index contributed by atoms with van der Waals surface area (Å²) < 4.78 is 5.20. The Morgan fingerprint density at radius 2 is 1.92 bits per heavy atom. The number of hydrazine groups is 1. The molecule has 2 rings (SSSR count). The van der Waals surface area contributed by atoms with E-state index >= 15 is 0 Å². The number of nitrogens with one attached hydrogen (secondary N) is 2. The Labute approximate surface area is 211 Å². The van der Waals surface area contributed by atoms with E-state index in [2.05, 4.69) is 10.3 Å². The van der Waals surface area contributed by atoms with Crippen LogP contribution in [0.15, 0.2) is 29.3 Å². The quantitative estimate of drug-likeness (QED) is 0.0571. The van der Waals surface area contributed by atoms with Gasteiger partial charge in [0.2, 0.25) is 5.91 Å². The zero-order chi connectivity index (χ0) is 26.9. The first-order valence-electron chi connectivity index (χ1n) is 12.0. The molecule has 1 fully saturated rings. The maximum absolute atomic E-state index is 13.4. The van der Waals surface area contributed by atoms with Crippen molar-refractivity contribution in [3.8, 4) is 5.75 Å². The molecule has 1 saturated carbocycles. The number of hydrogen-bond donors (Lipinski definition) is 5. The van der Waals surface area contributed by atoms with Crippen LogP contribution in [0.5, 0.6) is 5.75 Å². The summed E-state index contributed by atoms with van der Waals surface area (Å²) in [7, 11) is -0.170. The monoisotopic (exact) mass is 505 g/mol. The fourth-order valence-electron chi connectivity index (χ4n) is 4.24. The third-order valence-corrected chi connectivity index (χ3v) is 6.34. The number of rotatable bonds is 15. The van der Waals surface area contributed by atoms with Gasteiger partial charge in [-0.3, -0.25) is 9.59 Å². The Morgan fingerprint density at radius 3 is 2.42 bits per heavy atom. The van der Waals surface area contributed by atoms with E-state index in [-0.39, 0.29) is 37.0 Å². The third-order valence-electron chi connectivity index (χ3n) is 6.34. The average molecular weight is 505 g/mol. The molecule has 12 nitrogen and oxygen atoms in total. The normalized spacial score (nSPS) is 16.1. The molecule has 0 aromatic heterocycles. The molecule has 0 heterocycles. The van der Waals surface area contributed by atoms with E-state index in [0.717, 1.165) is 5.56 Å². The molecular weight excluding hydrogens is 469 g/mol. The number of nitrogens with zero attached hydrogens (tertiary/aromatic N) is 2. The summed E-state index contributed by atoms with van der Waals surface area (Å²) in [4.78, 5) is 40.9. The molecule has 0 saturated heterocycles. The molecule has 1 aromatic carbocycles. The molecular formula is C23H36BN5O7. The van der Waals surface area contributed by atoms with E-state index in [1.165, 1.54) is 0 Å². The van der Waals surface area contributed by atoms with E-state index < -0.39 is 35.3 Å². The predicted molar refractivity (Wildman–Crippen MR) is 134 cm³/mol. The van der Waals surface area contributed by atoms with Gasteiger partial charge in [-0.2, -0.15) is 0 Å². The summed E-state index contributed by atoms with van der Waals surface area (Å²) in [6.07, 6.45) is 2.31. The lowest BCUT2D eigenvalue weighted by atomic mass is 9.74. The number of amides is 1. The molecule has 0 radical (unpaired) electrons. The van der Waals surface area contributed by atoms with Crippen LogP contribution in [0.1, 0.15) is 57.9 Å². The highest BCUT2D eigenvalue weighted by molar-refractivity contribution is 6.43. The first-order valence-corrected chi connectivity index (χ1v) is 12.0. The number of methoxy groups -OCH3 is 1. The number of ether oxygens (including phenoxy) is 1. The number of benzene rings is 1. The molecule has 6 N–H and O–H groups in total. The second-order valence-electron chi connectivity index (χ2n) is 9.57. The summed E-state index contributed by atoms with van der Waals surface area (Å²) in [5.41, 5.74) is 7.41. The third kappa shape index (κ3) is 8.49. The fraction of sp³-hybridized carbons (Fsp3) is 0.609. The van der Waals surface area contributed by atoms with Crippen molar-refractivity contribution < 1.29 is 29.4 Å². The first kappa shape index (κ1) is 29.0. The van der Waals surface area contributed by atoms with E-state index in [4.69, 9.17) is 10.5 Å². The number of hydrogen-bond acceptors (Lipinski definition) is 8. The van der Waals surface area contributed by atoms with Gasteiger partial charge < -0.3 is 25.8 Å². The molecule has 1 amide bonds. The number of carbonyl (C=O) groups is 2. The van der Waals surface area contributed by atoms with Crippen molar-refractivity contribution in [1.82, 2.24) is 10.7 Å². The van der Waals surface area contributed by atoms with Crippen molar-refractivity contribution in [2.45, 2.75) is 63.7 Å². The number of nitrogens with two attached hydrogens (primary N) is 1. The number of carbonyl (C=O) groups excluding carboxylic acids is 2. The highest BCUT2D eigenvalue weighted by atomic mass is 16.7. The summed E-state index contributed by atoms with van der Waals surface area (Å²) in [6, 6.07) is 7.32. The second-order valence-corrected chi connectivity index (χ2v) is 9.57. The van der Waals surface area contributed by atoms with Crippen LogP contribution >= 0.6 is 0 Å². The Morgan fingerprint density at radius 1 is 1.28 bits per heavy atom. The van der Waals surface area contributed by atoms with Crippen LogP contribution in [0.25, 0.3) is 0 Å². The summed E-state index contributed by atoms with van der Waals surface area (Å²) in [5.74, 6) is -1.68. The fourth-order valence-corrected chi connectivity index (χ4v) is 4.24. The first-order chi connectivity index (χ1) is 17.0. The number of guanidine groups is 1. The molecule has 0 spiro atoms. The minimum absolute atomic E-state index is 0.0276. The van der Waals surface area contributed by atoms with E-state index in [1.807, 2.05) is 26.0 Å². The van der Waals surface area contributed by atoms with Crippen LogP contribution in [-0.4, -0.2) is 59.4 Å². The van der Waals surface area contributed by atoms with Crippen molar-refractivity contribution in [2.24, 2.45) is 22.6 Å². The van der Waals surface area contributed by atoms with Crippen LogP contribution in [0.3, 0.4) is 0 Å². The van der Waals surface area contributed by atoms with Crippen LogP contribution in [0.2, 0.25) is 0 Å². The average Bonchev–Trinajstić information content (AvgIpc) is 3.62. The molecule has 0 unspecified atom stereocenters. The lowest BCUT2D eigenvalue weighted by molar-refractivity contribution is -0.525. The van der Waals surface area contributed by atoms with Crippen LogP contribution < -0.4 is 21.2 Å². The lowest BCUT2D eigenvalue weighted by Crippen LogP contribution is -2.49. The summed E-state index contributed by atoms with van der Waals surface area (Å²) in [6.45, 7) is 3.91. The minimum atomic E-state index is -1.74. The Balaban J connectivity index is 2.13. The van der Waals surface area contributed by atoms with E-state index in [1.54, 1.807) is 24.7 Å². The topological polar surface area (TPSA) is 189 Å². The van der Waals surface area contributed by atoms with Crippen molar-refractivity contribution in [3.05, 3.63) is 39.9 Å². The predicted octanol–water partition coefficient (Wildman–Crippen LogP) is 0.721. The lowest BCUT2D eigenvalue weighted by Gasteiger charge is -2.24. The van der Waals surface area contributed by atoms with Gasteiger partial charge in [-0.05, 0) is 55.7 Å². The maximum Gasteiger partial charge on any atom is 0.475 e. The Kier molecular flexibility index (Phi) is 10.7. The Bertz CT molecular complexity index is 935. The standard InChI is InChI=1S/C23H36BN5O7/c1-15(2)13-20(24(32)33)27-21(31)16(5-4-12-26-22(25)28-29(34)35)14-19(30)23(10-11-23)17-6-8-18(36-3)9-7-17/h6-9,15-16,20,32-33H,4-5,10-14H2,1-3H3,(H,27,31)(H3,25,26,28)/t16-,20+/m1/s1. The molecule has 1 aliphatic rings. The maximum atomic E-state index is 13.4. The largest absolute Gasteiger partial charge is 0.497 e. The number of Topliss-reactive ketones (excluding diaryl/α,β-unsaturated/α-hetero) is 1. The van der Waals surface area contributed by atoms with Gasteiger partial charge >= 0.3 is 7.12 Å². The number of nitro groups is 1. The summed E-state index contributed by atoms with van der Waals surface area (Å²) in [5, 5.41) is 31.7. The molecule has 36 heavy (non-hydrogen) atoms. The van der Waals surface area contributed by atoms with Gasteiger partial charge in [-0.1, -0.05) is 31.4 Å². The van der Waals surface area contributed by atoms with Crippen molar-refractivity contribution in [2.75, 3.05) is 13.7 Å². The van der Waals surface area contributed by atoms with Gasteiger partial charge in [0, 0.05) is 18.9 Å². The highest BCUT2D eigenvalue weighted by Gasteiger charge is 2.51. The van der Waals surface area contributed by atoms with Crippen molar-refractivity contribution in [1.29, 1.82) is 0 Å². The molecule has 0 aliphatic heterocycles. The van der Waals surface area contributed by atoms with Gasteiger partial charge in [0.25, 0.3) is 5.96 Å². The molecule has 1 aromatic rings. The van der Waals surface area contributed by atoms with Crippen LogP contribution in [0, 0.1) is 22.0 Å². The second kappa shape index (κ2) is 13.2. The van der Waals surface area contributed by atoms with Crippen LogP contribution in [0.4, 0.5) is 0 Å². The zero-order valence-electron chi connectivity index (χ0n) is 21.0. The Hall–Kier alpha value is -3.19. The minimum Gasteiger partial charge on any atom is -0.497 e.